The number of carbonyl (C=O) groups excluding carboxylic acids is 1. The molecule has 0 aliphatic carbocycles. The molecule has 2 radical (unpaired) electrons. The van der Waals surface area contributed by atoms with Gasteiger partial charge < -0.3 is 0 Å². The Balaban J connectivity index is 2.18. The van der Waals surface area contributed by atoms with Crippen molar-refractivity contribution in [3.63, 3.8) is 0 Å². The number of hydrogen-bond donors (Lipinski definition) is 1. The van der Waals surface area contributed by atoms with Crippen molar-refractivity contribution in [1.29, 1.82) is 5.26 Å². The molecule has 7 nitrogen and oxygen atoms in total. The summed E-state index contributed by atoms with van der Waals surface area (Å²) in [6.07, 6.45) is 0. The quantitative estimate of drug-likeness (QED) is 0.519. The average molecular weight is 356 g/mol. The number of nitro benzene ring substituents is 1. The van der Waals surface area contributed by atoms with Gasteiger partial charge in [-0.25, -0.2) is 0 Å². The van der Waals surface area contributed by atoms with E-state index in [4.69, 9.17) is 5.26 Å². The zero-order chi connectivity index (χ0) is 16.1. The van der Waals surface area contributed by atoms with Gasteiger partial charge in [0.1, 0.15) is 0 Å². The molecule has 1 N–H and O–H groups in total. The first-order valence-electron chi connectivity index (χ1n) is 6.06. The Morgan fingerprint density at radius 1 is 1.23 bits per heavy atom. The molecule has 0 fully saturated rings. The number of nitrogens with one attached hydrogen (secondary N) is 1. The molecule has 0 heterocycles. The number of rotatable bonds is 3. The van der Waals surface area contributed by atoms with Gasteiger partial charge in [0.25, 0.3) is 0 Å². The fourth-order valence-electron chi connectivity index (χ4n) is 1.70. The van der Waals surface area contributed by atoms with E-state index in [2.05, 4.69) is 22.4 Å². The van der Waals surface area contributed by atoms with E-state index in [0.717, 1.165) is 0 Å². The third-order valence-corrected chi connectivity index (χ3v) is 3.64. The molecular weight excluding hydrogens is 347 g/mol. The summed E-state index contributed by atoms with van der Waals surface area (Å²) in [5.74, 6) is 0. The first kappa shape index (κ1) is 15.5. The Morgan fingerprint density at radius 2 is 1.86 bits per heavy atom. The van der Waals surface area contributed by atoms with E-state index in [0.29, 0.717) is 11.3 Å². The summed E-state index contributed by atoms with van der Waals surface area (Å²) in [6.45, 7) is 0. The van der Waals surface area contributed by atoms with E-state index >= 15 is 0 Å². The van der Waals surface area contributed by atoms with Gasteiger partial charge in [0.05, 0.1) is 0 Å². The number of amides is 2. The molecule has 0 aliphatic heterocycles. The van der Waals surface area contributed by atoms with Crippen LogP contribution in [-0.4, -0.2) is 28.0 Å². The predicted octanol–water partition coefficient (Wildman–Crippen LogP) is 2.59. The number of nitrogens with zero attached hydrogens (tertiary/aromatic N) is 3. The van der Waals surface area contributed by atoms with Gasteiger partial charge in [-0.3, -0.25) is 0 Å². The molecule has 0 aromatic heterocycles. The normalized spacial score (nSPS) is 9.64. The number of para-hydroxylation sites is 2. The van der Waals surface area contributed by atoms with Crippen molar-refractivity contribution in [3.05, 3.63) is 64.2 Å². The first-order chi connectivity index (χ1) is 10.5. The van der Waals surface area contributed by atoms with Crippen LogP contribution in [0.4, 0.5) is 21.9 Å². The summed E-state index contributed by atoms with van der Waals surface area (Å²) >= 11 is 2.05. The van der Waals surface area contributed by atoms with Crippen molar-refractivity contribution in [2.24, 2.45) is 0 Å². The van der Waals surface area contributed by atoms with Gasteiger partial charge in [-0.15, -0.1) is 0 Å². The van der Waals surface area contributed by atoms with Crippen LogP contribution in [0.3, 0.4) is 0 Å². The molecule has 2 amide bonds. The van der Waals surface area contributed by atoms with E-state index in [1.165, 1.54) is 22.0 Å². The number of nitriles is 1. The van der Waals surface area contributed by atoms with Crippen molar-refractivity contribution in [3.8, 4) is 6.07 Å². The monoisotopic (exact) mass is 356 g/mol. The van der Waals surface area contributed by atoms with Crippen LogP contribution in [0.2, 0.25) is 0 Å². The molecule has 108 valence electrons. The van der Waals surface area contributed by atoms with Crippen LogP contribution >= 0.6 is 0 Å². The number of nitro groups is 1. The summed E-state index contributed by atoms with van der Waals surface area (Å²) in [5.41, 5.74) is 0.942. The second-order valence-electron chi connectivity index (χ2n) is 4.17. The number of benzene rings is 2. The molecule has 0 saturated carbocycles. The van der Waals surface area contributed by atoms with Crippen molar-refractivity contribution in [2.75, 3.05) is 9.13 Å². The Morgan fingerprint density at radius 3 is 2.45 bits per heavy atom. The maximum atomic E-state index is 12.2. The van der Waals surface area contributed by atoms with Gasteiger partial charge in [-0.1, -0.05) is 0 Å². The number of urea groups is 1. The van der Waals surface area contributed by atoms with Gasteiger partial charge in [0.15, 0.2) is 0 Å². The van der Waals surface area contributed by atoms with Crippen molar-refractivity contribution in [2.45, 2.75) is 0 Å². The van der Waals surface area contributed by atoms with E-state index in [1.807, 2.05) is 6.07 Å². The molecule has 22 heavy (non-hydrogen) atoms. The van der Waals surface area contributed by atoms with Crippen LogP contribution in [0.15, 0.2) is 48.5 Å². The van der Waals surface area contributed by atoms with Crippen molar-refractivity contribution in [1.82, 2.24) is 0 Å². The third kappa shape index (κ3) is 3.43. The number of anilines is 2. The third-order valence-electron chi connectivity index (χ3n) is 2.78. The summed E-state index contributed by atoms with van der Waals surface area (Å²) < 4.78 is 1.24. The van der Waals surface area contributed by atoms with Gasteiger partial charge in [0.2, 0.25) is 0 Å². The van der Waals surface area contributed by atoms with Crippen LogP contribution < -0.4 is 9.13 Å². The molecule has 2 rings (SSSR count). The minimum atomic E-state index is -0.563. The number of hydrogen-bond acceptors (Lipinski definition) is 4. The van der Waals surface area contributed by atoms with Gasteiger partial charge in [-0.2, -0.15) is 0 Å². The summed E-state index contributed by atoms with van der Waals surface area (Å²) in [5, 5.41) is 22.1. The van der Waals surface area contributed by atoms with Crippen LogP contribution in [0.5, 0.6) is 0 Å². The standard InChI is InChI=1S/C14H9AsN4O3/c15-18(11-7-5-10(9-16)6-8-11)14(20)17-12-3-1-2-4-13(12)19(21)22/h1-8H,(H,17,20). The Labute approximate surface area is 135 Å². The molecule has 0 aliphatic rings. The molecule has 2 aromatic rings. The topological polar surface area (TPSA) is 99.3 Å². The summed E-state index contributed by atoms with van der Waals surface area (Å²) in [6, 6.07) is 13.7. The van der Waals surface area contributed by atoms with Crippen LogP contribution in [0, 0.1) is 21.4 Å². The zero-order valence-electron chi connectivity index (χ0n) is 11.1. The van der Waals surface area contributed by atoms with Crippen LogP contribution in [-0.2, 0) is 0 Å². The van der Waals surface area contributed by atoms with E-state index < -0.39 is 11.0 Å². The maximum absolute atomic E-state index is 12.2. The molecule has 0 saturated heterocycles. The van der Waals surface area contributed by atoms with E-state index in [-0.39, 0.29) is 11.4 Å². The molecule has 0 bridgehead atoms. The fraction of sp³-hybridized carbons (Fsp3) is 0. The molecule has 0 atom stereocenters. The second kappa shape index (κ2) is 6.74. The first-order valence-corrected chi connectivity index (χ1v) is 6.90. The fourth-order valence-corrected chi connectivity index (χ4v) is 2.09. The Kier molecular flexibility index (Phi) is 4.76. The van der Waals surface area contributed by atoms with Crippen molar-refractivity contribution < 1.29 is 9.72 Å². The molecule has 8 heteroatoms. The summed E-state index contributed by atoms with van der Waals surface area (Å²) in [4.78, 5) is 22.5. The SMILES string of the molecule is N#Cc1ccc(N([As])C(=O)Nc2ccccc2[N+](=O)[O-])cc1. The van der Waals surface area contributed by atoms with Crippen LogP contribution in [0.1, 0.15) is 5.56 Å². The average Bonchev–Trinajstić information content (AvgIpc) is 2.54. The number of carbonyl (C=O) groups is 1. The predicted molar refractivity (Wildman–Crippen MR) is 81.5 cm³/mol. The Hall–Kier alpha value is -2.84. The Bertz CT molecular complexity index is 755. The molecule has 0 spiro atoms. The van der Waals surface area contributed by atoms with Gasteiger partial charge in [-0.05, 0) is 0 Å². The molecular formula is C14H9AsN4O3. The minimum absolute atomic E-state index is 0.113. The van der Waals surface area contributed by atoms with Gasteiger partial charge >= 0.3 is 135 Å². The molecule has 0 unspecified atom stereocenters. The summed E-state index contributed by atoms with van der Waals surface area (Å²) in [7, 11) is 0. The van der Waals surface area contributed by atoms with E-state index in [9.17, 15) is 14.9 Å². The second-order valence-corrected chi connectivity index (χ2v) is 5.01. The van der Waals surface area contributed by atoms with Crippen molar-refractivity contribution >= 4 is 40.2 Å². The van der Waals surface area contributed by atoms with Gasteiger partial charge in [0, 0.05) is 0 Å². The van der Waals surface area contributed by atoms with Crippen LogP contribution in [0.25, 0.3) is 0 Å². The molecule has 2 aromatic carbocycles. The zero-order valence-corrected chi connectivity index (χ0v) is 13.0. The van der Waals surface area contributed by atoms with E-state index in [1.54, 1.807) is 30.3 Å².